The molecular weight excluding hydrogens is 242 g/mol. The average Bonchev–Trinajstić information content (AvgIpc) is 2.78. The highest BCUT2D eigenvalue weighted by Crippen LogP contribution is 2.37. The van der Waals surface area contributed by atoms with Crippen molar-refractivity contribution in [3.8, 4) is 0 Å². The largest absolute Gasteiger partial charge is 0.379 e. The fourth-order valence-electron chi connectivity index (χ4n) is 2.37. The molecule has 1 aromatic rings. The van der Waals surface area contributed by atoms with Crippen molar-refractivity contribution in [3.63, 3.8) is 0 Å². The predicted octanol–water partition coefficient (Wildman–Crippen LogP) is 1.62. The Bertz CT molecular complexity index is 341. The van der Waals surface area contributed by atoms with E-state index in [1.807, 2.05) is 18.5 Å². The van der Waals surface area contributed by atoms with Crippen molar-refractivity contribution < 1.29 is 0 Å². The molecule has 3 nitrogen and oxygen atoms in total. The molecule has 0 aromatic carbocycles. The van der Waals surface area contributed by atoms with Gasteiger partial charge in [-0.15, -0.1) is 0 Å². The molecule has 2 saturated heterocycles. The van der Waals surface area contributed by atoms with Crippen LogP contribution in [-0.2, 0) is 0 Å². The molecule has 2 bridgehead atoms. The molecule has 2 aliphatic heterocycles. The zero-order chi connectivity index (χ0) is 9.54. The van der Waals surface area contributed by atoms with Gasteiger partial charge in [0.15, 0.2) is 0 Å². The summed E-state index contributed by atoms with van der Waals surface area (Å²) in [6, 6.07) is 3.32. The van der Waals surface area contributed by atoms with E-state index in [1.54, 1.807) is 0 Å². The number of hydrogen-bond donors (Lipinski definition) is 2. The Hall–Kier alpha value is -0.610. The van der Waals surface area contributed by atoms with E-state index in [9.17, 15) is 0 Å². The van der Waals surface area contributed by atoms with Gasteiger partial charge >= 0.3 is 0 Å². The van der Waals surface area contributed by atoms with Crippen LogP contribution < -0.4 is 10.6 Å². The van der Waals surface area contributed by atoms with Crippen LogP contribution in [-0.4, -0.2) is 23.6 Å². The number of nitrogens with zero attached hydrogens (tertiary/aromatic N) is 1. The van der Waals surface area contributed by atoms with Crippen LogP contribution in [0.4, 0.5) is 5.69 Å². The van der Waals surface area contributed by atoms with Gasteiger partial charge in [-0.3, -0.25) is 4.98 Å². The van der Waals surface area contributed by atoms with Crippen LogP contribution >= 0.6 is 15.9 Å². The maximum Gasteiger partial charge on any atom is 0.0590 e. The molecule has 3 atom stereocenters. The van der Waals surface area contributed by atoms with Crippen LogP contribution in [0.2, 0.25) is 0 Å². The lowest BCUT2D eigenvalue weighted by Gasteiger charge is -2.36. The minimum Gasteiger partial charge on any atom is -0.379 e. The lowest BCUT2D eigenvalue weighted by atomic mass is 9.80. The van der Waals surface area contributed by atoms with Crippen molar-refractivity contribution in [2.75, 3.05) is 11.9 Å². The molecule has 1 aliphatic carbocycles. The van der Waals surface area contributed by atoms with E-state index < -0.39 is 0 Å². The van der Waals surface area contributed by atoms with Crippen molar-refractivity contribution in [2.24, 2.45) is 5.92 Å². The summed E-state index contributed by atoms with van der Waals surface area (Å²) >= 11 is 3.49. The van der Waals surface area contributed by atoms with E-state index in [-0.39, 0.29) is 0 Å². The van der Waals surface area contributed by atoms with Crippen molar-refractivity contribution in [1.29, 1.82) is 0 Å². The molecule has 4 heteroatoms. The van der Waals surface area contributed by atoms with E-state index in [0.717, 1.165) is 16.1 Å². The number of rotatable bonds is 2. The zero-order valence-electron chi connectivity index (χ0n) is 7.70. The minimum absolute atomic E-state index is 0.619. The second-order valence-electron chi connectivity index (χ2n) is 4.04. The highest BCUT2D eigenvalue weighted by atomic mass is 79.9. The molecule has 2 N–H and O–H groups in total. The third kappa shape index (κ3) is 1.25. The maximum absolute atomic E-state index is 4.05. The van der Waals surface area contributed by atoms with E-state index in [2.05, 4.69) is 31.5 Å². The Kier molecular flexibility index (Phi) is 1.99. The minimum atomic E-state index is 0.619. The first-order valence-corrected chi connectivity index (χ1v) is 5.73. The second kappa shape index (κ2) is 3.21. The zero-order valence-corrected chi connectivity index (χ0v) is 9.29. The summed E-state index contributed by atoms with van der Waals surface area (Å²) in [5.41, 5.74) is 1.16. The quantitative estimate of drug-likeness (QED) is 0.842. The van der Waals surface area contributed by atoms with Gasteiger partial charge in [-0.1, -0.05) is 0 Å². The smallest absolute Gasteiger partial charge is 0.0590 e. The molecule has 3 fully saturated rings. The summed E-state index contributed by atoms with van der Waals surface area (Å²) < 4.78 is 1.05. The number of pyridine rings is 1. The lowest BCUT2D eigenvalue weighted by Crippen LogP contribution is -2.47. The van der Waals surface area contributed by atoms with Gasteiger partial charge in [-0.25, -0.2) is 0 Å². The molecule has 3 aliphatic rings. The highest BCUT2D eigenvalue weighted by molar-refractivity contribution is 9.10. The first-order valence-electron chi connectivity index (χ1n) is 4.94. The molecule has 3 heterocycles. The van der Waals surface area contributed by atoms with Gasteiger partial charge in [0.2, 0.25) is 0 Å². The maximum atomic E-state index is 4.05. The summed E-state index contributed by atoms with van der Waals surface area (Å²) in [4.78, 5) is 4.05. The SMILES string of the molecule is Brc1cnccc1NC1C2CNC1C2. The summed E-state index contributed by atoms with van der Waals surface area (Å²) in [5.74, 6) is 0.820. The van der Waals surface area contributed by atoms with Crippen LogP contribution in [0.25, 0.3) is 0 Å². The van der Waals surface area contributed by atoms with Gasteiger partial charge < -0.3 is 10.6 Å². The van der Waals surface area contributed by atoms with Crippen molar-refractivity contribution >= 4 is 21.6 Å². The van der Waals surface area contributed by atoms with E-state index >= 15 is 0 Å². The molecule has 4 rings (SSSR count). The van der Waals surface area contributed by atoms with E-state index in [1.165, 1.54) is 13.0 Å². The third-order valence-electron chi connectivity index (χ3n) is 3.23. The Morgan fingerprint density at radius 3 is 3.14 bits per heavy atom. The molecule has 1 saturated carbocycles. The van der Waals surface area contributed by atoms with Gasteiger partial charge in [0.05, 0.1) is 10.2 Å². The topological polar surface area (TPSA) is 37.0 Å². The van der Waals surface area contributed by atoms with Gasteiger partial charge in [0.25, 0.3) is 0 Å². The fourth-order valence-corrected chi connectivity index (χ4v) is 2.73. The number of fused-ring (bicyclic) bond motifs is 1. The number of halogens is 1. The molecule has 3 unspecified atom stereocenters. The summed E-state index contributed by atoms with van der Waals surface area (Å²) in [6.07, 6.45) is 4.98. The highest BCUT2D eigenvalue weighted by Gasteiger charge is 2.46. The Labute approximate surface area is 91.4 Å². The standard InChI is InChI=1S/C10H12BrN3/c11-7-5-12-2-1-8(7)14-10-6-3-9(10)13-4-6/h1-2,5-6,9-10,13H,3-4H2,(H,12,14). The fraction of sp³-hybridized carbons (Fsp3) is 0.500. The van der Waals surface area contributed by atoms with Gasteiger partial charge in [-0.05, 0) is 34.3 Å². The molecule has 74 valence electrons. The molecule has 1 aromatic heterocycles. The number of hydrogen-bond acceptors (Lipinski definition) is 3. The molecule has 14 heavy (non-hydrogen) atoms. The summed E-state index contributed by atoms with van der Waals surface area (Å²) in [5, 5.41) is 7.05. The van der Waals surface area contributed by atoms with E-state index in [4.69, 9.17) is 0 Å². The van der Waals surface area contributed by atoms with Crippen molar-refractivity contribution in [1.82, 2.24) is 10.3 Å². The van der Waals surface area contributed by atoms with Crippen LogP contribution in [0.3, 0.4) is 0 Å². The summed E-state index contributed by atoms with van der Waals surface area (Å²) in [7, 11) is 0. The van der Waals surface area contributed by atoms with Crippen molar-refractivity contribution in [3.05, 3.63) is 22.9 Å². The summed E-state index contributed by atoms with van der Waals surface area (Å²) in [6.45, 7) is 1.17. The van der Waals surface area contributed by atoms with Gasteiger partial charge in [0.1, 0.15) is 0 Å². The number of nitrogens with one attached hydrogen (secondary N) is 2. The third-order valence-corrected chi connectivity index (χ3v) is 3.87. The van der Waals surface area contributed by atoms with Crippen LogP contribution in [0, 0.1) is 5.92 Å². The van der Waals surface area contributed by atoms with Crippen LogP contribution in [0.5, 0.6) is 0 Å². The molecular formula is C10H12BrN3. The Morgan fingerprint density at radius 1 is 1.57 bits per heavy atom. The second-order valence-corrected chi connectivity index (χ2v) is 4.89. The number of aromatic nitrogens is 1. The Morgan fingerprint density at radius 2 is 2.50 bits per heavy atom. The predicted molar refractivity (Wildman–Crippen MR) is 59.2 cm³/mol. The normalized spacial score (nSPS) is 33.9. The monoisotopic (exact) mass is 253 g/mol. The van der Waals surface area contributed by atoms with Crippen LogP contribution in [0.1, 0.15) is 6.42 Å². The van der Waals surface area contributed by atoms with Crippen molar-refractivity contribution in [2.45, 2.75) is 18.5 Å². The number of anilines is 1. The lowest BCUT2D eigenvalue weighted by molar-refractivity contribution is 0.327. The first-order chi connectivity index (χ1) is 6.84. The molecule has 0 amide bonds. The van der Waals surface area contributed by atoms with E-state index in [0.29, 0.717) is 12.1 Å². The average molecular weight is 254 g/mol. The van der Waals surface area contributed by atoms with Gasteiger partial charge in [-0.2, -0.15) is 0 Å². The molecule has 0 spiro atoms. The molecule has 0 radical (unpaired) electrons. The first kappa shape index (κ1) is 8.68. The van der Waals surface area contributed by atoms with Crippen LogP contribution in [0.15, 0.2) is 22.9 Å². The van der Waals surface area contributed by atoms with Gasteiger partial charge in [0, 0.05) is 31.0 Å². The Balaban J connectivity index is 1.76.